The second kappa shape index (κ2) is 6.64. The first-order valence-electron chi connectivity index (χ1n) is 6.73. The van der Waals surface area contributed by atoms with Crippen LogP contribution in [0.2, 0.25) is 5.02 Å². The molecule has 2 rings (SSSR count). The van der Waals surface area contributed by atoms with Gasteiger partial charge in [-0.25, -0.2) is 13.1 Å². The van der Waals surface area contributed by atoms with Crippen molar-refractivity contribution in [3.05, 3.63) is 23.2 Å². The van der Waals surface area contributed by atoms with Crippen molar-refractivity contribution in [2.45, 2.75) is 36.6 Å². The summed E-state index contributed by atoms with van der Waals surface area (Å²) in [6.45, 7) is 0.158. The molecule has 1 fully saturated rings. The zero-order valence-corrected chi connectivity index (χ0v) is 13.0. The van der Waals surface area contributed by atoms with E-state index in [2.05, 4.69) is 10.0 Å². The van der Waals surface area contributed by atoms with E-state index in [1.54, 1.807) is 6.07 Å². The molecular formula is C13H18ClN3O3S. The van der Waals surface area contributed by atoms with Crippen molar-refractivity contribution < 1.29 is 13.2 Å². The van der Waals surface area contributed by atoms with Crippen molar-refractivity contribution >= 4 is 33.2 Å². The number of nitrogen functional groups attached to an aromatic ring is 1. The zero-order valence-electron chi connectivity index (χ0n) is 11.4. The fourth-order valence-corrected chi connectivity index (χ4v) is 3.61. The second-order valence-corrected chi connectivity index (χ2v) is 7.11. The maximum absolute atomic E-state index is 12.1. The molecule has 1 aliphatic rings. The third kappa shape index (κ3) is 4.59. The first-order chi connectivity index (χ1) is 9.90. The van der Waals surface area contributed by atoms with Crippen LogP contribution in [0.4, 0.5) is 5.69 Å². The molecule has 0 aromatic heterocycles. The molecule has 0 saturated heterocycles. The van der Waals surface area contributed by atoms with E-state index in [9.17, 15) is 13.2 Å². The Morgan fingerprint density at radius 2 is 2.10 bits per heavy atom. The van der Waals surface area contributed by atoms with Gasteiger partial charge in [0.25, 0.3) is 0 Å². The molecule has 0 bridgehead atoms. The Bertz CT molecular complexity index is 609. The van der Waals surface area contributed by atoms with Gasteiger partial charge in [0.05, 0.1) is 10.7 Å². The summed E-state index contributed by atoms with van der Waals surface area (Å²) in [6, 6.07) is 4.84. The molecule has 0 spiro atoms. The van der Waals surface area contributed by atoms with Crippen LogP contribution < -0.4 is 15.8 Å². The van der Waals surface area contributed by atoms with Gasteiger partial charge >= 0.3 is 0 Å². The summed E-state index contributed by atoms with van der Waals surface area (Å²) < 4.78 is 26.7. The van der Waals surface area contributed by atoms with Gasteiger partial charge in [-0.15, -0.1) is 0 Å². The summed E-state index contributed by atoms with van der Waals surface area (Å²) in [5.74, 6) is -0.0473. The van der Waals surface area contributed by atoms with Gasteiger partial charge in [0.2, 0.25) is 15.9 Å². The van der Waals surface area contributed by atoms with Crippen LogP contribution in [0, 0.1) is 0 Å². The van der Waals surface area contributed by atoms with Crippen LogP contribution in [0.15, 0.2) is 23.1 Å². The smallest absolute Gasteiger partial charge is 0.244 e. The summed E-state index contributed by atoms with van der Waals surface area (Å²) in [6.07, 6.45) is 2.77. The largest absolute Gasteiger partial charge is 0.398 e. The van der Waals surface area contributed by atoms with Crippen molar-refractivity contribution in [2.24, 2.45) is 0 Å². The lowest BCUT2D eigenvalue weighted by molar-refractivity contribution is -0.121. The molecule has 1 saturated carbocycles. The number of anilines is 1. The van der Waals surface area contributed by atoms with Crippen LogP contribution >= 0.6 is 11.6 Å². The summed E-state index contributed by atoms with van der Waals surface area (Å²) in [5, 5.41) is 2.92. The minimum atomic E-state index is -3.77. The van der Waals surface area contributed by atoms with Crippen molar-refractivity contribution in [2.75, 3.05) is 12.3 Å². The van der Waals surface area contributed by atoms with Crippen LogP contribution in [0.5, 0.6) is 0 Å². The first kappa shape index (κ1) is 16.1. The molecule has 6 nitrogen and oxygen atoms in total. The minimum absolute atomic E-state index is 0.0473. The van der Waals surface area contributed by atoms with Gasteiger partial charge in [-0.3, -0.25) is 4.79 Å². The van der Waals surface area contributed by atoms with Crippen LogP contribution in [0.25, 0.3) is 0 Å². The molecule has 1 amide bonds. The molecule has 116 valence electrons. The third-order valence-corrected chi connectivity index (χ3v) is 5.09. The predicted octanol–water partition coefficient (Wildman–Crippen LogP) is 1.26. The number of hydrogen-bond acceptors (Lipinski definition) is 4. The number of carbonyl (C=O) groups excluding carboxylic acids is 1. The average molecular weight is 332 g/mol. The van der Waals surface area contributed by atoms with Crippen LogP contribution in [0.1, 0.15) is 25.7 Å². The van der Waals surface area contributed by atoms with Crippen LogP contribution in [-0.2, 0) is 14.8 Å². The lowest BCUT2D eigenvalue weighted by Crippen LogP contribution is -2.29. The van der Waals surface area contributed by atoms with Crippen molar-refractivity contribution in [3.8, 4) is 0 Å². The zero-order chi connectivity index (χ0) is 15.5. The maximum atomic E-state index is 12.1. The molecule has 21 heavy (non-hydrogen) atoms. The van der Waals surface area contributed by atoms with Gasteiger partial charge in [-0.2, -0.15) is 0 Å². The Morgan fingerprint density at radius 3 is 2.71 bits per heavy atom. The molecule has 0 unspecified atom stereocenters. The number of halogens is 1. The van der Waals surface area contributed by atoms with E-state index in [0.29, 0.717) is 12.5 Å². The van der Waals surface area contributed by atoms with E-state index in [1.807, 2.05) is 0 Å². The van der Waals surface area contributed by atoms with E-state index in [1.165, 1.54) is 12.1 Å². The van der Waals surface area contributed by atoms with E-state index in [-0.39, 0.29) is 34.5 Å². The molecule has 0 heterocycles. The fraction of sp³-hybridized carbons (Fsp3) is 0.462. The highest BCUT2D eigenvalue weighted by atomic mass is 35.5. The highest BCUT2D eigenvalue weighted by Gasteiger charge is 2.23. The summed E-state index contributed by atoms with van der Waals surface area (Å²) in [7, 11) is -3.77. The third-order valence-electron chi connectivity index (χ3n) is 3.08. The Hall–Kier alpha value is -1.31. The predicted molar refractivity (Wildman–Crippen MR) is 81.5 cm³/mol. The standard InChI is InChI=1S/C13H18ClN3O3S/c14-10-3-1-4-11(15)13(10)21(19,20)16-8-2-5-12(18)17-9-6-7-9/h1,3-4,9,16H,2,5-8,15H2,(H,17,18). The number of nitrogens with two attached hydrogens (primary N) is 1. The topological polar surface area (TPSA) is 101 Å². The highest BCUT2D eigenvalue weighted by Crippen LogP contribution is 2.26. The van der Waals surface area contributed by atoms with Crippen LogP contribution in [0.3, 0.4) is 0 Å². The van der Waals surface area contributed by atoms with Gasteiger partial charge in [0.15, 0.2) is 0 Å². The van der Waals surface area contributed by atoms with Crippen molar-refractivity contribution in [1.29, 1.82) is 0 Å². The molecule has 1 aliphatic carbocycles. The molecule has 8 heteroatoms. The molecule has 1 aromatic carbocycles. The summed E-state index contributed by atoms with van der Waals surface area (Å²) in [5.41, 5.74) is 5.75. The SMILES string of the molecule is Nc1cccc(Cl)c1S(=O)(=O)NCCCC(=O)NC1CC1. The number of amides is 1. The van der Waals surface area contributed by atoms with Crippen molar-refractivity contribution in [1.82, 2.24) is 10.0 Å². The minimum Gasteiger partial charge on any atom is -0.398 e. The van der Waals surface area contributed by atoms with E-state index >= 15 is 0 Å². The Balaban J connectivity index is 1.85. The number of carbonyl (C=O) groups is 1. The average Bonchev–Trinajstić information content (AvgIpc) is 3.18. The van der Waals surface area contributed by atoms with Crippen LogP contribution in [-0.4, -0.2) is 26.9 Å². The highest BCUT2D eigenvalue weighted by molar-refractivity contribution is 7.89. The number of nitrogens with one attached hydrogen (secondary N) is 2. The normalized spacial score (nSPS) is 14.9. The molecule has 0 radical (unpaired) electrons. The van der Waals surface area contributed by atoms with Crippen molar-refractivity contribution in [3.63, 3.8) is 0 Å². The lowest BCUT2D eigenvalue weighted by atomic mass is 10.3. The monoisotopic (exact) mass is 331 g/mol. The van der Waals surface area contributed by atoms with E-state index in [4.69, 9.17) is 17.3 Å². The van der Waals surface area contributed by atoms with Gasteiger partial charge in [0.1, 0.15) is 4.90 Å². The Morgan fingerprint density at radius 1 is 1.38 bits per heavy atom. The summed E-state index contributed by atoms with van der Waals surface area (Å²) >= 11 is 5.88. The summed E-state index contributed by atoms with van der Waals surface area (Å²) in [4.78, 5) is 11.4. The first-order valence-corrected chi connectivity index (χ1v) is 8.59. The molecular weight excluding hydrogens is 314 g/mol. The van der Waals surface area contributed by atoms with E-state index < -0.39 is 10.0 Å². The Labute approximate surface area is 129 Å². The molecule has 1 aromatic rings. The molecule has 4 N–H and O–H groups in total. The molecule has 0 atom stereocenters. The number of hydrogen-bond donors (Lipinski definition) is 3. The fourth-order valence-electron chi connectivity index (χ4n) is 1.86. The van der Waals surface area contributed by atoms with Gasteiger partial charge < -0.3 is 11.1 Å². The molecule has 0 aliphatic heterocycles. The van der Waals surface area contributed by atoms with Gasteiger partial charge in [-0.05, 0) is 31.4 Å². The van der Waals surface area contributed by atoms with Gasteiger partial charge in [0, 0.05) is 19.0 Å². The quantitative estimate of drug-likeness (QED) is 0.517. The number of benzene rings is 1. The number of rotatable bonds is 7. The lowest BCUT2D eigenvalue weighted by Gasteiger charge is -2.10. The number of sulfonamides is 1. The maximum Gasteiger partial charge on any atom is 0.244 e. The van der Waals surface area contributed by atoms with E-state index in [0.717, 1.165) is 12.8 Å². The second-order valence-electron chi connectivity index (χ2n) is 5.00. The Kier molecular flexibility index (Phi) is 5.08. The van der Waals surface area contributed by atoms with Gasteiger partial charge in [-0.1, -0.05) is 17.7 Å².